The summed E-state index contributed by atoms with van der Waals surface area (Å²) in [4.78, 5) is 24.7. The van der Waals surface area contributed by atoms with Gasteiger partial charge in [-0.05, 0) is 30.3 Å². The highest BCUT2D eigenvalue weighted by Crippen LogP contribution is 2.18. The number of halogens is 1. The molecule has 27 heavy (non-hydrogen) atoms. The van der Waals surface area contributed by atoms with Crippen LogP contribution in [0.3, 0.4) is 0 Å². The Bertz CT molecular complexity index is 755. The van der Waals surface area contributed by atoms with Gasteiger partial charge in [-0.2, -0.15) is 0 Å². The van der Waals surface area contributed by atoms with Crippen molar-refractivity contribution < 1.29 is 19.1 Å². The predicted molar refractivity (Wildman–Crippen MR) is 107 cm³/mol. The molecule has 0 saturated heterocycles. The SMILES string of the molecule is COCCOc1cccc(C(=O)Nc2ccccc2C(=O)NCCN)c1.Cl. The molecule has 2 aromatic carbocycles. The summed E-state index contributed by atoms with van der Waals surface area (Å²) in [6, 6.07) is 13.6. The van der Waals surface area contributed by atoms with E-state index in [1.807, 2.05) is 0 Å². The molecule has 0 aliphatic rings. The van der Waals surface area contributed by atoms with Crippen LogP contribution in [0.1, 0.15) is 20.7 Å². The number of nitrogens with one attached hydrogen (secondary N) is 2. The lowest BCUT2D eigenvalue weighted by Crippen LogP contribution is -2.30. The quantitative estimate of drug-likeness (QED) is 0.566. The van der Waals surface area contributed by atoms with Gasteiger partial charge in [0.05, 0.1) is 17.9 Å². The predicted octanol–water partition coefficient (Wildman–Crippen LogP) is 2.07. The third-order valence-corrected chi connectivity index (χ3v) is 3.50. The maximum absolute atomic E-state index is 12.5. The largest absolute Gasteiger partial charge is 0.491 e. The number of anilines is 1. The van der Waals surface area contributed by atoms with Crippen LogP contribution in [0.5, 0.6) is 5.75 Å². The van der Waals surface area contributed by atoms with Gasteiger partial charge in [0.1, 0.15) is 12.4 Å². The number of ether oxygens (including phenoxy) is 2. The second kappa shape index (κ2) is 11.9. The average Bonchev–Trinajstić information content (AvgIpc) is 2.67. The van der Waals surface area contributed by atoms with Crippen molar-refractivity contribution in [3.63, 3.8) is 0 Å². The van der Waals surface area contributed by atoms with Gasteiger partial charge in [-0.3, -0.25) is 9.59 Å². The van der Waals surface area contributed by atoms with Crippen molar-refractivity contribution in [2.24, 2.45) is 5.73 Å². The minimum absolute atomic E-state index is 0. The molecule has 0 unspecified atom stereocenters. The van der Waals surface area contributed by atoms with E-state index in [1.54, 1.807) is 55.6 Å². The highest BCUT2D eigenvalue weighted by molar-refractivity contribution is 6.09. The molecule has 0 spiro atoms. The first kappa shape index (κ1) is 22.4. The van der Waals surface area contributed by atoms with Gasteiger partial charge in [0.2, 0.25) is 0 Å². The van der Waals surface area contributed by atoms with Gasteiger partial charge < -0.3 is 25.8 Å². The van der Waals surface area contributed by atoms with Crippen molar-refractivity contribution in [1.29, 1.82) is 0 Å². The smallest absolute Gasteiger partial charge is 0.255 e. The zero-order chi connectivity index (χ0) is 18.8. The number of carbonyl (C=O) groups excluding carboxylic acids is 2. The third-order valence-electron chi connectivity index (χ3n) is 3.50. The highest BCUT2D eigenvalue weighted by Gasteiger charge is 2.14. The van der Waals surface area contributed by atoms with Crippen LogP contribution in [0, 0.1) is 0 Å². The fraction of sp³-hybridized carbons (Fsp3) is 0.263. The maximum Gasteiger partial charge on any atom is 0.255 e. The number of methoxy groups -OCH3 is 1. The van der Waals surface area contributed by atoms with Crippen LogP contribution in [0.25, 0.3) is 0 Å². The first-order chi connectivity index (χ1) is 12.7. The van der Waals surface area contributed by atoms with Gasteiger partial charge >= 0.3 is 0 Å². The molecule has 0 aromatic heterocycles. The molecular weight excluding hydrogens is 370 g/mol. The zero-order valence-electron chi connectivity index (χ0n) is 15.1. The van der Waals surface area contributed by atoms with E-state index in [2.05, 4.69) is 10.6 Å². The van der Waals surface area contributed by atoms with E-state index in [9.17, 15) is 9.59 Å². The molecule has 0 saturated carbocycles. The van der Waals surface area contributed by atoms with E-state index in [4.69, 9.17) is 15.2 Å². The lowest BCUT2D eigenvalue weighted by atomic mass is 10.1. The molecule has 4 N–H and O–H groups in total. The Balaban J connectivity index is 0.00000364. The monoisotopic (exact) mass is 393 g/mol. The number of rotatable bonds is 9. The van der Waals surface area contributed by atoms with Gasteiger partial charge in [-0.25, -0.2) is 0 Å². The van der Waals surface area contributed by atoms with Crippen molar-refractivity contribution in [3.8, 4) is 5.75 Å². The fourth-order valence-electron chi connectivity index (χ4n) is 2.24. The molecule has 0 radical (unpaired) electrons. The number of amides is 2. The van der Waals surface area contributed by atoms with Crippen LogP contribution in [0.2, 0.25) is 0 Å². The number of hydrogen-bond acceptors (Lipinski definition) is 5. The van der Waals surface area contributed by atoms with Crippen LogP contribution in [-0.4, -0.2) is 45.2 Å². The molecule has 2 amide bonds. The number of nitrogens with two attached hydrogens (primary N) is 1. The van der Waals surface area contributed by atoms with E-state index in [1.165, 1.54) is 0 Å². The van der Waals surface area contributed by atoms with Gasteiger partial charge in [0, 0.05) is 25.8 Å². The molecule has 7 nitrogen and oxygen atoms in total. The number of carbonyl (C=O) groups is 2. The molecule has 8 heteroatoms. The summed E-state index contributed by atoms with van der Waals surface area (Å²) >= 11 is 0. The van der Waals surface area contributed by atoms with Crippen LogP contribution in [-0.2, 0) is 4.74 Å². The lowest BCUT2D eigenvalue weighted by Gasteiger charge is -2.12. The van der Waals surface area contributed by atoms with Crippen LogP contribution < -0.4 is 21.1 Å². The topological polar surface area (TPSA) is 103 Å². The first-order valence-electron chi connectivity index (χ1n) is 8.26. The highest BCUT2D eigenvalue weighted by atomic mass is 35.5. The second-order valence-electron chi connectivity index (χ2n) is 5.41. The van der Waals surface area contributed by atoms with Crippen LogP contribution in [0.15, 0.2) is 48.5 Å². The first-order valence-corrected chi connectivity index (χ1v) is 8.26. The molecule has 0 bridgehead atoms. The van der Waals surface area contributed by atoms with Crippen molar-refractivity contribution >= 4 is 29.9 Å². The van der Waals surface area contributed by atoms with E-state index in [-0.39, 0.29) is 24.2 Å². The van der Waals surface area contributed by atoms with Gasteiger partial charge in [0.25, 0.3) is 11.8 Å². The molecule has 2 rings (SSSR count). The molecule has 146 valence electrons. The van der Waals surface area contributed by atoms with Crippen molar-refractivity contribution in [2.45, 2.75) is 0 Å². The average molecular weight is 394 g/mol. The third kappa shape index (κ3) is 6.90. The Kier molecular flexibility index (Phi) is 9.89. The van der Waals surface area contributed by atoms with Crippen molar-refractivity contribution in [3.05, 3.63) is 59.7 Å². The second-order valence-corrected chi connectivity index (χ2v) is 5.41. The van der Waals surface area contributed by atoms with Crippen LogP contribution in [0.4, 0.5) is 5.69 Å². The molecular formula is C19H24ClN3O4. The summed E-state index contributed by atoms with van der Waals surface area (Å²) < 4.78 is 10.4. The van der Waals surface area contributed by atoms with E-state index in [0.717, 1.165) is 0 Å². The van der Waals surface area contributed by atoms with Crippen molar-refractivity contribution in [1.82, 2.24) is 5.32 Å². The van der Waals surface area contributed by atoms with E-state index in [0.29, 0.717) is 48.9 Å². The summed E-state index contributed by atoms with van der Waals surface area (Å²) in [5, 5.41) is 5.46. The number of benzene rings is 2. The summed E-state index contributed by atoms with van der Waals surface area (Å²) in [6.07, 6.45) is 0. The zero-order valence-corrected chi connectivity index (χ0v) is 15.9. The molecule has 2 aromatic rings. The molecule has 0 fully saturated rings. The summed E-state index contributed by atoms with van der Waals surface area (Å²) in [5.74, 6) is -0.0482. The van der Waals surface area contributed by atoms with Crippen LogP contribution >= 0.6 is 12.4 Å². The molecule has 0 aliphatic heterocycles. The Labute approximate surface area is 164 Å². The maximum atomic E-state index is 12.5. The summed E-state index contributed by atoms with van der Waals surface area (Å²) in [5.41, 5.74) is 6.64. The lowest BCUT2D eigenvalue weighted by molar-refractivity contribution is 0.0955. The normalized spacial score (nSPS) is 9.85. The van der Waals surface area contributed by atoms with E-state index < -0.39 is 0 Å². The minimum Gasteiger partial charge on any atom is -0.491 e. The number of para-hydroxylation sites is 1. The Morgan fingerprint density at radius 3 is 2.56 bits per heavy atom. The Morgan fingerprint density at radius 2 is 1.81 bits per heavy atom. The van der Waals surface area contributed by atoms with Gasteiger partial charge in [0.15, 0.2) is 0 Å². The Hall–Kier alpha value is -2.61. The van der Waals surface area contributed by atoms with E-state index >= 15 is 0 Å². The van der Waals surface area contributed by atoms with Gasteiger partial charge in [-0.1, -0.05) is 18.2 Å². The summed E-state index contributed by atoms with van der Waals surface area (Å²) in [7, 11) is 1.59. The molecule has 0 atom stereocenters. The Morgan fingerprint density at radius 1 is 1.04 bits per heavy atom. The number of hydrogen-bond donors (Lipinski definition) is 3. The molecule has 0 aliphatic carbocycles. The standard InChI is InChI=1S/C19H23N3O4.ClH/c1-25-11-12-26-15-6-4-5-14(13-15)18(23)22-17-8-3-2-7-16(17)19(24)21-10-9-20;/h2-8,13H,9-12,20H2,1H3,(H,21,24)(H,22,23);1H. The van der Waals surface area contributed by atoms with Crippen molar-refractivity contribution in [2.75, 3.05) is 38.7 Å². The minimum atomic E-state index is -0.332. The molecule has 0 heterocycles. The summed E-state index contributed by atoms with van der Waals surface area (Å²) in [6.45, 7) is 1.56. The fourth-order valence-corrected chi connectivity index (χ4v) is 2.24. The van der Waals surface area contributed by atoms with Gasteiger partial charge in [-0.15, -0.1) is 12.4 Å².